The minimum atomic E-state index is -3.89. The lowest BCUT2D eigenvalue weighted by atomic mass is 10.1. The van der Waals surface area contributed by atoms with Gasteiger partial charge in [0, 0.05) is 19.7 Å². The fraction of sp³-hybridized carbons (Fsp3) is 0.143. The van der Waals surface area contributed by atoms with E-state index in [2.05, 4.69) is 4.72 Å². The van der Waals surface area contributed by atoms with Crippen LogP contribution in [0.5, 0.6) is 0 Å². The summed E-state index contributed by atoms with van der Waals surface area (Å²) in [4.78, 5) is -0.0207. The van der Waals surface area contributed by atoms with Crippen LogP contribution in [-0.4, -0.2) is 35.2 Å². The van der Waals surface area contributed by atoms with Gasteiger partial charge < -0.3 is 0 Å². The molecule has 2 rings (SSSR count). The molecule has 0 aliphatic carbocycles. The Morgan fingerprint density at radius 2 is 1.61 bits per heavy atom. The number of primary sulfonamides is 1. The second-order valence-electron chi connectivity index (χ2n) is 5.01. The van der Waals surface area contributed by atoms with Crippen molar-refractivity contribution in [3.63, 3.8) is 0 Å². The van der Waals surface area contributed by atoms with Crippen molar-refractivity contribution in [2.24, 2.45) is 5.14 Å². The van der Waals surface area contributed by atoms with E-state index >= 15 is 0 Å². The van der Waals surface area contributed by atoms with Gasteiger partial charge in [-0.25, -0.2) is 13.6 Å². The van der Waals surface area contributed by atoms with E-state index in [4.69, 9.17) is 5.14 Å². The molecule has 2 aromatic rings. The normalized spacial score (nSPS) is 12.3. The lowest BCUT2D eigenvalue weighted by Gasteiger charge is -2.14. The highest BCUT2D eigenvalue weighted by Gasteiger charge is 2.16. The van der Waals surface area contributed by atoms with Crippen LogP contribution in [0.25, 0.3) is 11.1 Å². The zero-order chi connectivity index (χ0) is 17.3. The van der Waals surface area contributed by atoms with Crippen LogP contribution in [0.4, 0.5) is 5.69 Å². The van der Waals surface area contributed by atoms with E-state index < -0.39 is 20.2 Å². The SMILES string of the molecule is CN(C)S(=O)(=O)Nc1cccc(-c2ccccc2S(N)(=O)=O)c1. The Kier molecular flexibility index (Phi) is 4.76. The number of nitrogens with one attached hydrogen (secondary N) is 1. The maximum atomic E-state index is 11.9. The summed E-state index contributed by atoms with van der Waals surface area (Å²) in [7, 11) is -4.73. The molecule has 0 bridgehead atoms. The average Bonchev–Trinajstić information content (AvgIpc) is 2.46. The van der Waals surface area contributed by atoms with Gasteiger partial charge in [0.25, 0.3) is 0 Å². The second-order valence-corrected chi connectivity index (χ2v) is 8.43. The third-order valence-electron chi connectivity index (χ3n) is 3.09. The van der Waals surface area contributed by atoms with Crippen molar-refractivity contribution in [3.8, 4) is 11.1 Å². The first-order valence-corrected chi connectivity index (χ1v) is 9.52. The number of nitrogens with two attached hydrogens (primary N) is 1. The molecular weight excluding hydrogens is 338 g/mol. The van der Waals surface area contributed by atoms with Crippen LogP contribution in [0.2, 0.25) is 0 Å². The van der Waals surface area contributed by atoms with Gasteiger partial charge in [-0.2, -0.15) is 12.7 Å². The molecule has 2 aromatic carbocycles. The van der Waals surface area contributed by atoms with Crippen LogP contribution in [-0.2, 0) is 20.2 Å². The van der Waals surface area contributed by atoms with E-state index in [1.165, 1.54) is 20.2 Å². The van der Waals surface area contributed by atoms with Crippen LogP contribution in [0, 0.1) is 0 Å². The van der Waals surface area contributed by atoms with E-state index in [-0.39, 0.29) is 4.90 Å². The Morgan fingerprint density at radius 1 is 0.957 bits per heavy atom. The van der Waals surface area contributed by atoms with Gasteiger partial charge in [-0.05, 0) is 23.8 Å². The molecule has 124 valence electrons. The molecule has 0 fully saturated rings. The number of hydrogen-bond acceptors (Lipinski definition) is 4. The number of anilines is 1. The Hall–Kier alpha value is -1.94. The molecule has 0 amide bonds. The molecule has 0 saturated carbocycles. The van der Waals surface area contributed by atoms with Crippen molar-refractivity contribution < 1.29 is 16.8 Å². The lowest BCUT2D eigenvalue weighted by molar-refractivity contribution is 0.527. The zero-order valence-electron chi connectivity index (χ0n) is 12.6. The van der Waals surface area contributed by atoms with Crippen LogP contribution in [0.1, 0.15) is 0 Å². The lowest BCUT2D eigenvalue weighted by Crippen LogP contribution is -2.28. The molecule has 3 N–H and O–H groups in total. The third-order valence-corrected chi connectivity index (χ3v) is 5.52. The zero-order valence-corrected chi connectivity index (χ0v) is 14.2. The topological polar surface area (TPSA) is 110 Å². The Morgan fingerprint density at radius 3 is 2.22 bits per heavy atom. The highest BCUT2D eigenvalue weighted by molar-refractivity contribution is 7.90. The largest absolute Gasteiger partial charge is 0.301 e. The van der Waals surface area contributed by atoms with Crippen LogP contribution in [0.15, 0.2) is 53.4 Å². The third kappa shape index (κ3) is 4.08. The second kappa shape index (κ2) is 6.28. The summed E-state index contributed by atoms with van der Waals surface area (Å²) in [6, 6.07) is 12.7. The summed E-state index contributed by atoms with van der Waals surface area (Å²) >= 11 is 0. The van der Waals surface area contributed by atoms with Crippen molar-refractivity contribution >= 4 is 25.9 Å². The molecular formula is C14H17N3O4S2. The molecule has 0 radical (unpaired) electrons. The van der Waals surface area contributed by atoms with Crippen molar-refractivity contribution in [2.75, 3.05) is 18.8 Å². The van der Waals surface area contributed by atoms with Gasteiger partial charge in [-0.1, -0.05) is 30.3 Å². The molecule has 0 atom stereocenters. The monoisotopic (exact) mass is 355 g/mol. The molecule has 0 aliphatic rings. The summed E-state index contributed by atoms with van der Waals surface area (Å²) in [5, 5.41) is 5.23. The van der Waals surface area contributed by atoms with Crippen molar-refractivity contribution in [1.82, 2.24) is 4.31 Å². The van der Waals surface area contributed by atoms with E-state index in [0.717, 1.165) is 4.31 Å². The molecule has 23 heavy (non-hydrogen) atoms. The number of hydrogen-bond donors (Lipinski definition) is 2. The van der Waals surface area contributed by atoms with Gasteiger partial charge in [0.1, 0.15) is 0 Å². The average molecular weight is 355 g/mol. The van der Waals surface area contributed by atoms with Gasteiger partial charge in [0.2, 0.25) is 10.0 Å². The molecule has 0 saturated heterocycles. The van der Waals surface area contributed by atoms with Crippen molar-refractivity contribution in [3.05, 3.63) is 48.5 Å². The summed E-state index contributed by atoms with van der Waals surface area (Å²) < 4.78 is 50.6. The highest BCUT2D eigenvalue weighted by Crippen LogP contribution is 2.28. The summed E-state index contributed by atoms with van der Waals surface area (Å²) in [6.45, 7) is 0. The molecule has 0 heterocycles. The first kappa shape index (κ1) is 17.4. The summed E-state index contributed by atoms with van der Waals surface area (Å²) in [5.41, 5.74) is 1.26. The first-order valence-electron chi connectivity index (χ1n) is 6.54. The highest BCUT2D eigenvalue weighted by atomic mass is 32.2. The van der Waals surface area contributed by atoms with Gasteiger partial charge >= 0.3 is 10.2 Å². The Labute approximate surface area is 136 Å². The van der Waals surface area contributed by atoms with E-state index in [9.17, 15) is 16.8 Å². The minimum Gasteiger partial charge on any atom is -0.271 e. The summed E-state index contributed by atoms with van der Waals surface area (Å²) in [6.07, 6.45) is 0. The van der Waals surface area contributed by atoms with E-state index in [1.54, 1.807) is 42.5 Å². The maximum Gasteiger partial charge on any atom is 0.301 e. The van der Waals surface area contributed by atoms with Crippen LogP contribution < -0.4 is 9.86 Å². The first-order chi connectivity index (χ1) is 10.6. The fourth-order valence-electron chi connectivity index (χ4n) is 1.94. The molecule has 0 unspecified atom stereocenters. The standard InChI is InChI=1S/C14H17N3O4S2/c1-17(2)23(20,21)16-12-7-5-6-11(10-12)13-8-3-4-9-14(13)22(15,18)19/h3-10,16H,1-2H3,(H2,15,18,19). The van der Waals surface area contributed by atoms with Gasteiger partial charge in [-0.3, -0.25) is 4.72 Å². The predicted octanol–water partition coefficient (Wildman–Crippen LogP) is 1.22. The molecule has 9 heteroatoms. The molecule has 0 aliphatic heterocycles. The van der Waals surface area contributed by atoms with E-state index in [0.29, 0.717) is 16.8 Å². The van der Waals surface area contributed by atoms with Crippen molar-refractivity contribution in [2.45, 2.75) is 4.90 Å². The Bertz CT molecular complexity index is 923. The predicted molar refractivity (Wildman–Crippen MR) is 89.5 cm³/mol. The summed E-state index contributed by atoms with van der Waals surface area (Å²) in [5.74, 6) is 0. The number of benzene rings is 2. The maximum absolute atomic E-state index is 11.9. The van der Waals surface area contributed by atoms with Crippen molar-refractivity contribution in [1.29, 1.82) is 0 Å². The van der Waals surface area contributed by atoms with Crippen LogP contribution >= 0.6 is 0 Å². The quantitative estimate of drug-likeness (QED) is 0.840. The molecule has 7 nitrogen and oxygen atoms in total. The van der Waals surface area contributed by atoms with Gasteiger partial charge in [0.05, 0.1) is 10.6 Å². The molecule has 0 spiro atoms. The number of nitrogens with zero attached hydrogens (tertiary/aromatic N) is 1. The number of sulfonamides is 1. The van der Waals surface area contributed by atoms with Gasteiger partial charge in [-0.15, -0.1) is 0 Å². The molecule has 0 aromatic heterocycles. The fourth-order valence-corrected chi connectivity index (χ4v) is 3.31. The van der Waals surface area contributed by atoms with Crippen LogP contribution in [0.3, 0.4) is 0 Å². The van der Waals surface area contributed by atoms with Gasteiger partial charge in [0.15, 0.2) is 0 Å². The Balaban J connectivity index is 2.51. The minimum absolute atomic E-state index is 0.0207. The smallest absolute Gasteiger partial charge is 0.271 e. The number of rotatable bonds is 5. The van der Waals surface area contributed by atoms with E-state index in [1.807, 2.05) is 0 Å².